The Bertz CT molecular complexity index is 365. The molecule has 0 saturated carbocycles. The van der Waals surface area contributed by atoms with Crippen LogP contribution in [0.4, 0.5) is 5.69 Å². The summed E-state index contributed by atoms with van der Waals surface area (Å²) in [5.74, 6) is -1.11. The average molecular weight is 220 g/mol. The van der Waals surface area contributed by atoms with E-state index in [1.54, 1.807) is 0 Å². The third-order valence-electron chi connectivity index (χ3n) is 2.00. The van der Waals surface area contributed by atoms with Crippen molar-refractivity contribution in [3.05, 3.63) is 30.3 Å². The third-order valence-corrected chi connectivity index (χ3v) is 2.00. The summed E-state index contributed by atoms with van der Waals surface area (Å²) in [5.41, 5.74) is 7.63. The normalized spacial score (nSPS) is 11.6. The van der Waals surface area contributed by atoms with E-state index < -0.39 is 11.9 Å². The van der Waals surface area contributed by atoms with Crippen molar-refractivity contribution in [2.24, 2.45) is 0 Å². The Hall–Kier alpha value is -2.04. The van der Waals surface area contributed by atoms with E-state index in [-0.39, 0.29) is 12.5 Å². The maximum atomic E-state index is 11.3. The monoisotopic (exact) mass is 220 g/mol. The van der Waals surface area contributed by atoms with Gasteiger partial charge in [0.2, 0.25) is 5.91 Å². The Morgan fingerprint density at radius 1 is 1.31 bits per heavy atom. The minimum atomic E-state index is -0.798. The van der Waals surface area contributed by atoms with Gasteiger partial charge in [-0.3, -0.25) is 15.3 Å². The van der Waals surface area contributed by atoms with Crippen molar-refractivity contribution in [1.29, 1.82) is 0 Å². The standard InChI is InChI=1S/C11H14N3O2/c1-8(11(12)16)14-10(15)7-13-9-5-3-2-4-6-9/h2-6,8,12-13H,7H2,1H3,(H,14,15)/t8-/m1/s1. The Labute approximate surface area is 94.0 Å². The first-order chi connectivity index (χ1) is 7.59. The summed E-state index contributed by atoms with van der Waals surface area (Å²) < 4.78 is 0. The lowest BCUT2D eigenvalue weighted by Gasteiger charge is -2.10. The second kappa shape index (κ2) is 5.75. The predicted octanol–water partition coefficient (Wildman–Crippen LogP) is 0.413. The zero-order chi connectivity index (χ0) is 12.0. The van der Waals surface area contributed by atoms with Gasteiger partial charge in [0.1, 0.15) is 6.04 Å². The van der Waals surface area contributed by atoms with Crippen molar-refractivity contribution in [3.8, 4) is 0 Å². The molecule has 85 valence electrons. The number of nitrogens with one attached hydrogen (secondary N) is 3. The zero-order valence-electron chi connectivity index (χ0n) is 8.99. The number of hydrogen-bond acceptors (Lipinski definition) is 3. The molecule has 0 unspecified atom stereocenters. The SMILES string of the molecule is C[C@@H](NC(=O)CNc1ccccc1)C([NH])=O. The number of benzene rings is 1. The Morgan fingerprint density at radius 2 is 1.94 bits per heavy atom. The van der Waals surface area contributed by atoms with Gasteiger partial charge in [0.15, 0.2) is 0 Å². The summed E-state index contributed by atoms with van der Waals surface area (Å²) in [6.45, 7) is 1.57. The van der Waals surface area contributed by atoms with Crippen molar-refractivity contribution in [1.82, 2.24) is 11.1 Å². The molecule has 3 N–H and O–H groups in total. The number of carbonyl (C=O) groups is 2. The van der Waals surface area contributed by atoms with E-state index in [9.17, 15) is 9.59 Å². The highest BCUT2D eigenvalue weighted by Gasteiger charge is 2.11. The molecule has 5 heteroatoms. The fraction of sp³-hybridized carbons (Fsp3) is 0.273. The van der Waals surface area contributed by atoms with Gasteiger partial charge in [-0.1, -0.05) is 18.2 Å². The molecule has 16 heavy (non-hydrogen) atoms. The second-order valence-corrected chi connectivity index (χ2v) is 3.37. The number of carbonyl (C=O) groups excluding carboxylic acids is 2. The molecular formula is C11H14N3O2. The predicted molar refractivity (Wildman–Crippen MR) is 60.6 cm³/mol. The second-order valence-electron chi connectivity index (χ2n) is 3.37. The molecule has 0 saturated heterocycles. The highest BCUT2D eigenvalue weighted by atomic mass is 16.2. The largest absolute Gasteiger partial charge is 0.376 e. The molecule has 1 aromatic rings. The van der Waals surface area contributed by atoms with Gasteiger partial charge < -0.3 is 10.6 Å². The van der Waals surface area contributed by atoms with Gasteiger partial charge in [0, 0.05) is 5.69 Å². The van der Waals surface area contributed by atoms with Gasteiger partial charge in [0.25, 0.3) is 5.91 Å². The van der Waals surface area contributed by atoms with E-state index in [2.05, 4.69) is 10.6 Å². The van der Waals surface area contributed by atoms with Crippen molar-refractivity contribution in [2.75, 3.05) is 11.9 Å². The zero-order valence-corrected chi connectivity index (χ0v) is 8.99. The molecule has 1 radical (unpaired) electrons. The molecule has 5 nitrogen and oxygen atoms in total. The summed E-state index contributed by atoms with van der Waals surface area (Å²) in [4.78, 5) is 21.9. The van der Waals surface area contributed by atoms with Gasteiger partial charge >= 0.3 is 0 Å². The third kappa shape index (κ3) is 4.00. The molecule has 0 aliphatic heterocycles. The molecule has 2 amide bonds. The number of para-hydroxylation sites is 1. The van der Waals surface area contributed by atoms with Crippen LogP contribution in [0.5, 0.6) is 0 Å². The molecule has 0 aliphatic carbocycles. The summed E-state index contributed by atoms with van der Waals surface area (Å²) >= 11 is 0. The van der Waals surface area contributed by atoms with Crippen molar-refractivity contribution >= 4 is 17.5 Å². The highest BCUT2D eigenvalue weighted by molar-refractivity contribution is 5.87. The first-order valence-corrected chi connectivity index (χ1v) is 4.93. The van der Waals surface area contributed by atoms with Gasteiger partial charge in [-0.25, -0.2) is 0 Å². The van der Waals surface area contributed by atoms with Crippen molar-refractivity contribution < 1.29 is 9.59 Å². The molecular weight excluding hydrogens is 206 g/mol. The number of rotatable bonds is 5. The van der Waals surface area contributed by atoms with E-state index in [0.717, 1.165) is 5.69 Å². The molecule has 0 aliphatic rings. The van der Waals surface area contributed by atoms with Crippen LogP contribution in [0.25, 0.3) is 0 Å². The van der Waals surface area contributed by atoms with Crippen LogP contribution in [-0.4, -0.2) is 24.4 Å². The molecule has 1 aromatic carbocycles. The highest BCUT2D eigenvalue weighted by Crippen LogP contribution is 2.03. The Kier molecular flexibility index (Phi) is 4.32. The van der Waals surface area contributed by atoms with Crippen LogP contribution in [-0.2, 0) is 9.59 Å². The molecule has 0 heterocycles. The maximum absolute atomic E-state index is 11.3. The summed E-state index contributed by atoms with van der Waals surface area (Å²) in [5, 5.41) is 5.32. The molecule has 1 atom stereocenters. The number of anilines is 1. The number of hydrogen-bond donors (Lipinski definition) is 2. The lowest BCUT2D eigenvalue weighted by molar-refractivity contribution is -0.126. The van der Waals surface area contributed by atoms with Gasteiger partial charge in [-0.15, -0.1) is 0 Å². The molecule has 0 fully saturated rings. The van der Waals surface area contributed by atoms with Gasteiger partial charge in [-0.05, 0) is 19.1 Å². The van der Waals surface area contributed by atoms with Crippen molar-refractivity contribution in [2.45, 2.75) is 13.0 Å². The van der Waals surface area contributed by atoms with E-state index in [0.29, 0.717) is 0 Å². The van der Waals surface area contributed by atoms with E-state index in [4.69, 9.17) is 5.73 Å². The minimum absolute atomic E-state index is 0.0850. The average Bonchev–Trinajstić information content (AvgIpc) is 2.27. The molecule has 0 bridgehead atoms. The summed E-state index contributed by atoms with van der Waals surface area (Å²) in [6.07, 6.45) is 0. The first-order valence-electron chi connectivity index (χ1n) is 4.93. The topological polar surface area (TPSA) is 82.0 Å². The minimum Gasteiger partial charge on any atom is -0.376 e. The number of amides is 2. The van der Waals surface area contributed by atoms with Crippen LogP contribution in [0.3, 0.4) is 0 Å². The van der Waals surface area contributed by atoms with Crippen molar-refractivity contribution in [3.63, 3.8) is 0 Å². The summed E-state index contributed by atoms with van der Waals surface area (Å²) in [6, 6.07) is 8.52. The van der Waals surface area contributed by atoms with Crippen LogP contribution in [0.1, 0.15) is 6.92 Å². The molecule has 0 aromatic heterocycles. The lowest BCUT2D eigenvalue weighted by atomic mass is 10.3. The quantitative estimate of drug-likeness (QED) is 0.754. The van der Waals surface area contributed by atoms with Crippen LogP contribution < -0.4 is 16.4 Å². The van der Waals surface area contributed by atoms with E-state index in [1.807, 2.05) is 30.3 Å². The van der Waals surface area contributed by atoms with Crippen LogP contribution in [0.2, 0.25) is 0 Å². The first kappa shape index (κ1) is 12.0. The molecule has 0 spiro atoms. The van der Waals surface area contributed by atoms with Crippen LogP contribution in [0.15, 0.2) is 30.3 Å². The Morgan fingerprint density at radius 3 is 2.50 bits per heavy atom. The van der Waals surface area contributed by atoms with E-state index in [1.165, 1.54) is 6.92 Å². The smallest absolute Gasteiger partial charge is 0.260 e. The van der Waals surface area contributed by atoms with Crippen LogP contribution >= 0.6 is 0 Å². The fourth-order valence-corrected chi connectivity index (χ4v) is 1.10. The maximum Gasteiger partial charge on any atom is 0.260 e. The lowest BCUT2D eigenvalue weighted by Crippen LogP contribution is -2.41. The van der Waals surface area contributed by atoms with Crippen LogP contribution in [0, 0.1) is 0 Å². The Balaban J connectivity index is 2.33. The molecule has 1 rings (SSSR count). The fourth-order valence-electron chi connectivity index (χ4n) is 1.10. The summed E-state index contributed by atoms with van der Waals surface area (Å²) in [7, 11) is 0. The van der Waals surface area contributed by atoms with Gasteiger partial charge in [0.05, 0.1) is 6.54 Å². The van der Waals surface area contributed by atoms with E-state index >= 15 is 0 Å². The van der Waals surface area contributed by atoms with Gasteiger partial charge in [-0.2, -0.15) is 0 Å².